The fourth-order valence-electron chi connectivity index (χ4n) is 3.47. The number of aliphatic hydroxyl groups excluding tert-OH is 2. The monoisotopic (exact) mass is 358 g/mol. The Bertz CT molecular complexity index is 294. The van der Waals surface area contributed by atoms with Gasteiger partial charge in [-0.05, 0) is 18.8 Å². The van der Waals surface area contributed by atoms with Crippen LogP contribution in [-0.4, -0.2) is 34.0 Å². The van der Waals surface area contributed by atoms with Gasteiger partial charge < -0.3 is 15.3 Å². The van der Waals surface area contributed by atoms with Gasteiger partial charge in [-0.15, -0.1) is 0 Å². The molecule has 0 saturated heterocycles. The molecule has 0 aliphatic rings. The summed E-state index contributed by atoms with van der Waals surface area (Å²) in [7, 11) is 0. The van der Waals surface area contributed by atoms with Crippen LogP contribution in [0.3, 0.4) is 0 Å². The molecule has 0 aliphatic carbocycles. The molecule has 0 aromatic rings. The Kier molecular flexibility index (Phi) is 17.7. The normalized spacial score (nSPS) is 13.7. The largest absolute Gasteiger partial charge is 0.481 e. The summed E-state index contributed by atoms with van der Waals surface area (Å²) in [6.07, 6.45) is 17.0. The SMILES string of the molecule is CCCCCCCCCCCC(CCCCCC(=O)O)CC(O)CO. The summed E-state index contributed by atoms with van der Waals surface area (Å²) in [6, 6.07) is 0. The highest BCUT2D eigenvalue weighted by Crippen LogP contribution is 2.23. The molecule has 0 bridgehead atoms. The average molecular weight is 359 g/mol. The molecule has 150 valence electrons. The standard InChI is InChI=1S/C21H42O4/c1-2-3-4-5-6-7-8-9-11-14-19(17-20(23)18-22)15-12-10-13-16-21(24)25/h19-20,22-23H,2-18H2,1H3,(H,24,25). The van der Waals surface area contributed by atoms with Crippen molar-refractivity contribution in [2.24, 2.45) is 5.92 Å². The van der Waals surface area contributed by atoms with Crippen molar-refractivity contribution in [3.63, 3.8) is 0 Å². The van der Waals surface area contributed by atoms with Gasteiger partial charge in [-0.2, -0.15) is 0 Å². The maximum absolute atomic E-state index is 10.5. The van der Waals surface area contributed by atoms with Crippen molar-refractivity contribution >= 4 is 5.97 Å². The third kappa shape index (κ3) is 18.0. The molecule has 3 N–H and O–H groups in total. The van der Waals surface area contributed by atoms with E-state index in [4.69, 9.17) is 10.2 Å². The van der Waals surface area contributed by atoms with Crippen molar-refractivity contribution in [2.45, 2.75) is 116 Å². The van der Waals surface area contributed by atoms with Crippen molar-refractivity contribution in [2.75, 3.05) is 6.61 Å². The molecule has 0 aromatic carbocycles. The first-order chi connectivity index (χ1) is 12.1. The Balaban J connectivity index is 3.74. The number of unbranched alkanes of at least 4 members (excludes halogenated alkanes) is 10. The van der Waals surface area contributed by atoms with Crippen LogP contribution in [0.4, 0.5) is 0 Å². The molecule has 0 rings (SSSR count). The third-order valence-corrected chi connectivity index (χ3v) is 5.04. The van der Waals surface area contributed by atoms with Gasteiger partial charge >= 0.3 is 5.97 Å². The lowest BCUT2D eigenvalue weighted by atomic mass is 9.89. The van der Waals surface area contributed by atoms with E-state index in [0.29, 0.717) is 12.3 Å². The molecule has 0 radical (unpaired) electrons. The quantitative estimate of drug-likeness (QED) is 0.274. The zero-order valence-electron chi connectivity index (χ0n) is 16.4. The minimum Gasteiger partial charge on any atom is -0.481 e. The van der Waals surface area contributed by atoms with E-state index in [2.05, 4.69) is 6.92 Å². The molecule has 0 aliphatic heterocycles. The fraction of sp³-hybridized carbons (Fsp3) is 0.952. The molecule has 0 fully saturated rings. The predicted octanol–water partition coefficient (Wildman–Crippen LogP) is 5.30. The number of carboxylic acid groups (broad SMARTS) is 1. The molecule has 0 amide bonds. The molecule has 25 heavy (non-hydrogen) atoms. The molecule has 4 heteroatoms. The zero-order valence-corrected chi connectivity index (χ0v) is 16.4. The highest BCUT2D eigenvalue weighted by molar-refractivity contribution is 5.66. The number of rotatable bonds is 19. The molecular weight excluding hydrogens is 316 g/mol. The van der Waals surface area contributed by atoms with Gasteiger partial charge in [0.1, 0.15) is 0 Å². The van der Waals surface area contributed by atoms with Crippen LogP contribution in [0, 0.1) is 5.92 Å². The highest BCUT2D eigenvalue weighted by Gasteiger charge is 2.14. The summed E-state index contributed by atoms with van der Waals surface area (Å²) >= 11 is 0. The van der Waals surface area contributed by atoms with Crippen LogP contribution in [0.25, 0.3) is 0 Å². The van der Waals surface area contributed by atoms with Crippen LogP contribution in [0.1, 0.15) is 110 Å². The Hall–Kier alpha value is -0.610. The summed E-state index contributed by atoms with van der Waals surface area (Å²) < 4.78 is 0. The van der Waals surface area contributed by atoms with Crippen LogP contribution in [0.2, 0.25) is 0 Å². The summed E-state index contributed by atoms with van der Waals surface area (Å²) in [5.41, 5.74) is 0. The Morgan fingerprint density at radius 3 is 1.76 bits per heavy atom. The van der Waals surface area contributed by atoms with E-state index in [9.17, 15) is 9.90 Å². The van der Waals surface area contributed by atoms with Gasteiger partial charge in [0.15, 0.2) is 0 Å². The summed E-state index contributed by atoms with van der Waals surface area (Å²) in [5.74, 6) is -0.265. The van der Waals surface area contributed by atoms with Crippen LogP contribution < -0.4 is 0 Å². The van der Waals surface area contributed by atoms with Gasteiger partial charge in [0, 0.05) is 6.42 Å². The van der Waals surface area contributed by atoms with Crippen LogP contribution in [0.15, 0.2) is 0 Å². The minimum absolute atomic E-state index is 0.159. The lowest BCUT2D eigenvalue weighted by molar-refractivity contribution is -0.137. The van der Waals surface area contributed by atoms with E-state index in [1.165, 1.54) is 57.8 Å². The first-order valence-electron chi connectivity index (χ1n) is 10.6. The second-order valence-corrected chi connectivity index (χ2v) is 7.55. The molecule has 0 aromatic heterocycles. The summed E-state index contributed by atoms with van der Waals surface area (Å²) in [5, 5.41) is 27.4. The maximum atomic E-state index is 10.5. The first kappa shape index (κ1) is 24.4. The van der Waals surface area contributed by atoms with E-state index in [0.717, 1.165) is 32.1 Å². The van der Waals surface area contributed by atoms with Crippen LogP contribution >= 0.6 is 0 Å². The number of hydrogen-bond acceptors (Lipinski definition) is 3. The molecule has 0 spiro atoms. The smallest absolute Gasteiger partial charge is 0.303 e. The molecule has 2 unspecified atom stereocenters. The lowest BCUT2D eigenvalue weighted by Crippen LogP contribution is -2.17. The number of carboxylic acids is 1. The topological polar surface area (TPSA) is 77.8 Å². The summed E-state index contributed by atoms with van der Waals surface area (Å²) in [6.45, 7) is 2.09. The van der Waals surface area contributed by atoms with Gasteiger partial charge in [-0.25, -0.2) is 0 Å². The fourth-order valence-corrected chi connectivity index (χ4v) is 3.47. The van der Waals surface area contributed by atoms with Crippen LogP contribution in [-0.2, 0) is 4.79 Å². The van der Waals surface area contributed by atoms with Gasteiger partial charge in [-0.1, -0.05) is 90.4 Å². The summed E-state index contributed by atoms with van der Waals surface area (Å²) in [4.78, 5) is 10.5. The van der Waals surface area contributed by atoms with E-state index >= 15 is 0 Å². The van der Waals surface area contributed by atoms with Crippen molar-refractivity contribution in [3.8, 4) is 0 Å². The molecule has 0 heterocycles. The Morgan fingerprint density at radius 1 is 0.800 bits per heavy atom. The second kappa shape index (κ2) is 18.2. The number of carbonyl (C=O) groups is 1. The molecule has 2 atom stereocenters. The van der Waals surface area contributed by atoms with E-state index < -0.39 is 12.1 Å². The first-order valence-corrected chi connectivity index (χ1v) is 10.6. The van der Waals surface area contributed by atoms with E-state index in [-0.39, 0.29) is 13.0 Å². The molecular formula is C21H42O4. The van der Waals surface area contributed by atoms with Crippen molar-refractivity contribution in [3.05, 3.63) is 0 Å². The van der Waals surface area contributed by atoms with Crippen molar-refractivity contribution in [1.29, 1.82) is 0 Å². The van der Waals surface area contributed by atoms with Crippen molar-refractivity contribution < 1.29 is 20.1 Å². The Morgan fingerprint density at radius 2 is 1.28 bits per heavy atom. The van der Waals surface area contributed by atoms with Gasteiger partial charge in [-0.3, -0.25) is 4.79 Å². The van der Waals surface area contributed by atoms with E-state index in [1.54, 1.807) is 0 Å². The van der Waals surface area contributed by atoms with Gasteiger partial charge in [0.05, 0.1) is 12.7 Å². The molecule has 4 nitrogen and oxygen atoms in total. The van der Waals surface area contributed by atoms with Gasteiger partial charge in [0.2, 0.25) is 0 Å². The number of aliphatic carboxylic acids is 1. The number of hydrogen-bond donors (Lipinski definition) is 3. The number of aliphatic hydroxyl groups is 2. The predicted molar refractivity (Wildman–Crippen MR) is 104 cm³/mol. The lowest BCUT2D eigenvalue weighted by Gasteiger charge is -2.19. The zero-order chi connectivity index (χ0) is 18.8. The van der Waals surface area contributed by atoms with Gasteiger partial charge in [0.25, 0.3) is 0 Å². The third-order valence-electron chi connectivity index (χ3n) is 5.04. The van der Waals surface area contributed by atoms with E-state index in [1.807, 2.05) is 0 Å². The Labute approximate surface area is 155 Å². The highest BCUT2D eigenvalue weighted by atomic mass is 16.4. The second-order valence-electron chi connectivity index (χ2n) is 7.55. The average Bonchev–Trinajstić information content (AvgIpc) is 2.59. The molecule has 0 saturated carbocycles. The maximum Gasteiger partial charge on any atom is 0.303 e. The van der Waals surface area contributed by atoms with Crippen LogP contribution in [0.5, 0.6) is 0 Å². The van der Waals surface area contributed by atoms with Crippen molar-refractivity contribution in [1.82, 2.24) is 0 Å². The minimum atomic E-state index is -0.720.